The Hall–Kier alpha value is -0.180. The van der Waals surface area contributed by atoms with E-state index in [4.69, 9.17) is 22.5 Å². The monoisotopic (exact) mass is 215 g/mol. The Morgan fingerprint density at radius 1 is 1.73 bits per heavy atom. The first-order valence-electron chi connectivity index (χ1n) is 2.59. The highest BCUT2D eigenvalue weighted by Gasteiger charge is 2.18. The quantitative estimate of drug-likeness (QED) is 0.713. The molecular formula is C4H4Cl2NO3P. The molecule has 0 radical (unpaired) electrons. The zero-order valence-electron chi connectivity index (χ0n) is 5.45. The van der Waals surface area contributed by atoms with Crippen LogP contribution in [-0.2, 0) is 4.57 Å². The molecule has 0 aromatic carbocycles. The van der Waals surface area contributed by atoms with Crippen LogP contribution in [0.4, 0.5) is 0 Å². The largest absolute Gasteiger partial charge is 0.429 e. The van der Waals surface area contributed by atoms with Crippen molar-refractivity contribution in [2.45, 2.75) is 6.92 Å². The van der Waals surface area contributed by atoms with Crippen molar-refractivity contribution < 1.29 is 13.6 Å². The van der Waals surface area contributed by atoms with Gasteiger partial charge in [-0.3, -0.25) is 0 Å². The molecule has 62 valence electrons. The maximum atomic E-state index is 10.6. The third-order valence-corrected chi connectivity index (χ3v) is 1.62. The van der Waals surface area contributed by atoms with Gasteiger partial charge in [-0.25, -0.2) is 4.57 Å². The number of hydrogen-bond donors (Lipinski definition) is 0. The molecule has 0 N–H and O–H groups in total. The van der Waals surface area contributed by atoms with Gasteiger partial charge in [0.05, 0.1) is 0 Å². The summed E-state index contributed by atoms with van der Waals surface area (Å²) in [5, 5.41) is 3.36. The van der Waals surface area contributed by atoms with Gasteiger partial charge in [-0.2, -0.15) is 0 Å². The van der Waals surface area contributed by atoms with Crippen LogP contribution in [0.5, 0.6) is 5.88 Å². The van der Waals surface area contributed by atoms with Gasteiger partial charge in [-0.15, -0.1) is 0 Å². The average molecular weight is 216 g/mol. The van der Waals surface area contributed by atoms with Crippen molar-refractivity contribution in [1.82, 2.24) is 5.16 Å². The van der Waals surface area contributed by atoms with Crippen LogP contribution in [0.25, 0.3) is 0 Å². The zero-order valence-corrected chi connectivity index (χ0v) is 7.86. The first-order chi connectivity index (χ1) is 4.97. The van der Waals surface area contributed by atoms with Crippen molar-refractivity contribution in [1.29, 1.82) is 0 Å². The van der Waals surface area contributed by atoms with E-state index in [-0.39, 0.29) is 5.88 Å². The summed E-state index contributed by atoms with van der Waals surface area (Å²) in [5.41, 5.74) is 0. The summed E-state index contributed by atoms with van der Waals surface area (Å²) in [6.07, 6.45) is -3.55. The summed E-state index contributed by atoms with van der Waals surface area (Å²) >= 11 is 10.2. The molecule has 0 amide bonds. The molecule has 0 saturated carbocycles. The number of aromatic nitrogens is 1. The van der Waals surface area contributed by atoms with Crippen LogP contribution in [0.15, 0.2) is 10.6 Å². The third kappa shape index (κ3) is 3.14. The highest BCUT2D eigenvalue weighted by atomic mass is 35.9. The molecule has 11 heavy (non-hydrogen) atoms. The second kappa shape index (κ2) is 3.05. The van der Waals surface area contributed by atoms with Gasteiger partial charge in [-0.1, -0.05) is 0 Å². The van der Waals surface area contributed by atoms with Crippen LogP contribution < -0.4 is 4.52 Å². The molecule has 1 aromatic heterocycles. The summed E-state index contributed by atoms with van der Waals surface area (Å²) in [6, 6.07) is 1.43. The van der Waals surface area contributed by atoms with Crippen LogP contribution in [0, 0.1) is 6.92 Å². The van der Waals surface area contributed by atoms with Gasteiger partial charge in [0.2, 0.25) is 0 Å². The van der Waals surface area contributed by atoms with Crippen molar-refractivity contribution in [3.05, 3.63) is 11.8 Å². The number of nitrogens with zero attached hydrogens (tertiary/aromatic N) is 1. The highest BCUT2D eigenvalue weighted by molar-refractivity contribution is 8.05. The number of rotatable bonds is 2. The molecule has 0 aliphatic carbocycles. The number of halogens is 2. The van der Waals surface area contributed by atoms with Gasteiger partial charge < -0.3 is 9.05 Å². The summed E-state index contributed by atoms with van der Waals surface area (Å²) in [6.45, 7) is 1.66. The topological polar surface area (TPSA) is 52.3 Å². The molecule has 0 bridgehead atoms. The van der Waals surface area contributed by atoms with Gasteiger partial charge in [0.1, 0.15) is 5.76 Å². The Labute approximate surface area is 72.4 Å². The Balaban J connectivity index is 2.73. The lowest BCUT2D eigenvalue weighted by molar-refractivity contribution is 0.372. The van der Waals surface area contributed by atoms with E-state index in [2.05, 4.69) is 14.2 Å². The molecule has 0 fully saturated rings. The van der Waals surface area contributed by atoms with E-state index in [9.17, 15) is 4.57 Å². The van der Waals surface area contributed by atoms with Crippen LogP contribution in [0.1, 0.15) is 5.76 Å². The fourth-order valence-electron chi connectivity index (χ4n) is 0.495. The molecule has 0 aliphatic heterocycles. The summed E-state index contributed by atoms with van der Waals surface area (Å²) in [7, 11) is 0. The lowest BCUT2D eigenvalue weighted by Gasteiger charge is -1.98. The zero-order chi connectivity index (χ0) is 8.48. The third-order valence-electron chi connectivity index (χ3n) is 0.806. The normalized spacial score (nSPS) is 11.5. The van der Waals surface area contributed by atoms with Crippen LogP contribution in [-0.4, -0.2) is 5.16 Å². The molecule has 0 spiro atoms. The standard InChI is InChI=1S/C4H4Cl2NO3P/c1-3-2-4(7-9-3)10-11(5,6)8/h2H,1H3. The molecule has 1 rings (SSSR count). The molecule has 1 aromatic rings. The fraction of sp³-hybridized carbons (Fsp3) is 0.250. The fourth-order valence-corrected chi connectivity index (χ4v) is 1.22. The lowest BCUT2D eigenvalue weighted by Crippen LogP contribution is -1.79. The van der Waals surface area contributed by atoms with Gasteiger partial charge in [0.15, 0.2) is 0 Å². The van der Waals surface area contributed by atoms with Gasteiger partial charge in [0, 0.05) is 28.5 Å². The molecule has 7 heteroatoms. The number of hydrogen-bond acceptors (Lipinski definition) is 4. The van der Waals surface area contributed by atoms with Crippen LogP contribution in [0.3, 0.4) is 0 Å². The van der Waals surface area contributed by atoms with E-state index in [1.165, 1.54) is 6.07 Å². The van der Waals surface area contributed by atoms with Crippen molar-refractivity contribution in [2.24, 2.45) is 0 Å². The van der Waals surface area contributed by atoms with Crippen LogP contribution >= 0.6 is 28.6 Å². The Kier molecular flexibility index (Phi) is 2.47. The maximum absolute atomic E-state index is 10.6. The second-order valence-corrected chi connectivity index (χ2v) is 5.98. The predicted octanol–water partition coefficient (Wildman–Crippen LogP) is 2.95. The van der Waals surface area contributed by atoms with E-state index < -0.39 is 6.07 Å². The minimum Gasteiger partial charge on any atom is -0.400 e. The minimum absolute atomic E-state index is 0.0239. The van der Waals surface area contributed by atoms with E-state index in [0.29, 0.717) is 5.76 Å². The average Bonchev–Trinajstić information content (AvgIpc) is 2.10. The Morgan fingerprint density at radius 2 is 2.36 bits per heavy atom. The predicted molar refractivity (Wildman–Crippen MR) is 41.2 cm³/mol. The molecule has 0 unspecified atom stereocenters. The molecular weight excluding hydrogens is 212 g/mol. The van der Waals surface area contributed by atoms with E-state index in [0.717, 1.165) is 0 Å². The van der Waals surface area contributed by atoms with Crippen molar-refractivity contribution in [3.63, 3.8) is 0 Å². The highest BCUT2D eigenvalue weighted by Crippen LogP contribution is 2.56. The first kappa shape index (κ1) is 8.91. The molecule has 4 nitrogen and oxygen atoms in total. The SMILES string of the molecule is Cc1cc(OP(=O)(Cl)Cl)no1. The molecule has 0 atom stereocenters. The summed E-state index contributed by atoms with van der Waals surface area (Å²) in [4.78, 5) is 0. The smallest absolute Gasteiger partial charge is 0.400 e. The van der Waals surface area contributed by atoms with Crippen molar-refractivity contribution >= 4 is 28.6 Å². The van der Waals surface area contributed by atoms with E-state index in [1.54, 1.807) is 6.92 Å². The Bertz CT molecular complexity index is 293. The van der Waals surface area contributed by atoms with Crippen LogP contribution in [0.2, 0.25) is 0 Å². The maximum Gasteiger partial charge on any atom is 0.429 e. The van der Waals surface area contributed by atoms with Gasteiger partial charge >= 0.3 is 6.07 Å². The summed E-state index contributed by atoms with van der Waals surface area (Å²) < 4.78 is 19.7. The lowest BCUT2D eigenvalue weighted by atomic mass is 10.5. The first-order valence-corrected chi connectivity index (χ1v) is 6.03. The van der Waals surface area contributed by atoms with E-state index in [1.807, 2.05) is 0 Å². The van der Waals surface area contributed by atoms with Crippen molar-refractivity contribution in [3.8, 4) is 5.88 Å². The second-order valence-electron chi connectivity index (χ2n) is 1.78. The summed E-state index contributed by atoms with van der Waals surface area (Å²) in [5.74, 6) is 0.553. The van der Waals surface area contributed by atoms with Gasteiger partial charge in [-0.05, 0) is 12.1 Å². The van der Waals surface area contributed by atoms with Gasteiger partial charge in [0.25, 0.3) is 5.88 Å². The Morgan fingerprint density at radius 3 is 2.73 bits per heavy atom. The molecule has 1 heterocycles. The van der Waals surface area contributed by atoms with Crippen molar-refractivity contribution in [2.75, 3.05) is 0 Å². The molecule has 0 saturated heterocycles. The van der Waals surface area contributed by atoms with E-state index >= 15 is 0 Å². The minimum atomic E-state index is -3.55. The molecule has 0 aliphatic rings. The number of aryl methyl sites for hydroxylation is 1.